The molecule has 16 heavy (non-hydrogen) atoms. The molecule has 0 bridgehead atoms. The van der Waals surface area contributed by atoms with Gasteiger partial charge in [0.15, 0.2) is 11.6 Å². The zero-order valence-electron chi connectivity index (χ0n) is 9.76. The minimum Gasteiger partial charge on any atom is -0.343 e. The SMILES string of the molecule is CC[C@H](C[N+](=O)[O-])[C@@H]1OC(C)(C)OCC1=O. The molecule has 92 valence electrons. The standard InChI is InChI=1S/C10H17NO5/c1-4-7(5-11(13)14)9-8(12)6-15-10(2,3)16-9/h7,9H,4-6H2,1-3H3/t7-,9+/m1/s1. The number of Topliss-reactive ketones (excluding diaryl/α,β-unsaturated/α-hetero) is 1. The Morgan fingerprint density at radius 2 is 2.25 bits per heavy atom. The number of hydrogen-bond acceptors (Lipinski definition) is 5. The highest BCUT2D eigenvalue weighted by atomic mass is 16.7. The van der Waals surface area contributed by atoms with E-state index in [1.807, 2.05) is 6.92 Å². The molecule has 0 aromatic carbocycles. The molecule has 1 aliphatic rings. The van der Waals surface area contributed by atoms with Crippen molar-refractivity contribution >= 4 is 5.78 Å². The smallest absolute Gasteiger partial charge is 0.209 e. The van der Waals surface area contributed by atoms with Gasteiger partial charge in [-0.2, -0.15) is 0 Å². The average Bonchev–Trinajstić information content (AvgIpc) is 2.18. The Morgan fingerprint density at radius 1 is 1.62 bits per heavy atom. The maximum atomic E-state index is 11.6. The minimum atomic E-state index is -0.845. The van der Waals surface area contributed by atoms with Gasteiger partial charge in [-0.3, -0.25) is 14.9 Å². The van der Waals surface area contributed by atoms with Crippen LogP contribution in [0.5, 0.6) is 0 Å². The first-order valence-electron chi connectivity index (χ1n) is 5.32. The van der Waals surface area contributed by atoms with Gasteiger partial charge in [0.2, 0.25) is 6.54 Å². The first-order chi connectivity index (χ1) is 7.35. The zero-order valence-corrected chi connectivity index (χ0v) is 9.76. The van der Waals surface area contributed by atoms with E-state index in [0.717, 1.165) is 0 Å². The van der Waals surface area contributed by atoms with Gasteiger partial charge in [0.05, 0.1) is 5.92 Å². The molecule has 0 radical (unpaired) electrons. The van der Waals surface area contributed by atoms with E-state index in [0.29, 0.717) is 6.42 Å². The van der Waals surface area contributed by atoms with E-state index in [1.54, 1.807) is 13.8 Å². The molecular weight excluding hydrogens is 214 g/mol. The van der Waals surface area contributed by atoms with Crippen LogP contribution in [0, 0.1) is 16.0 Å². The summed E-state index contributed by atoms with van der Waals surface area (Å²) in [5, 5.41) is 10.5. The van der Waals surface area contributed by atoms with Gasteiger partial charge in [-0.05, 0) is 20.3 Å². The normalized spacial score (nSPS) is 26.4. The quantitative estimate of drug-likeness (QED) is 0.533. The second-order valence-corrected chi connectivity index (χ2v) is 4.38. The van der Waals surface area contributed by atoms with Crippen LogP contribution in [0.4, 0.5) is 0 Å². The molecule has 6 heteroatoms. The first kappa shape index (κ1) is 13.1. The minimum absolute atomic E-state index is 0.0358. The Bertz CT molecular complexity index is 289. The molecule has 0 N–H and O–H groups in total. The third-order valence-corrected chi connectivity index (χ3v) is 2.63. The van der Waals surface area contributed by atoms with Crippen LogP contribution < -0.4 is 0 Å². The molecule has 0 unspecified atom stereocenters. The molecule has 1 aliphatic heterocycles. The zero-order chi connectivity index (χ0) is 12.3. The van der Waals surface area contributed by atoms with Crippen molar-refractivity contribution < 1.29 is 19.2 Å². The lowest BCUT2D eigenvalue weighted by Gasteiger charge is -2.37. The van der Waals surface area contributed by atoms with Crippen LogP contribution in [0.15, 0.2) is 0 Å². The summed E-state index contributed by atoms with van der Waals surface area (Å²) in [5.74, 6) is -1.44. The van der Waals surface area contributed by atoms with E-state index in [-0.39, 0.29) is 24.9 Å². The third kappa shape index (κ3) is 3.24. The molecule has 0 amide bonds. The number of ketones is 1. The van der Waals surface area contributed by atoms with Crippen molar-refractivity contribution in [2.24, 2.45) is 5.92 Å². The Hall–Kier alpha value is -1.01. The fourth-order valence-electron chi connectivity index (χ4n) is 1.72. The molecule has 1 heterocycles. The number of hydrogen-bond donors (Lipinski definition) is 0. The van der Waals surface area contributed by atoms with Gasteiger partial charge >= 0.3 is 0 Å². The number of nitrogens with zero attached hydrogens (tertiary/aromatic N) is 1. The molecule has 0 aliphatic carbocycles. The first-order valence-corrected chi connectivity index (χ1v) is 5.32. The molecule has 0 spiro atoms. The van der Waals surface area contributed by atoms with Crippen molar-refractivity contribution in [3.8, 4) is 0 Å². The summed E-state index contributed by atoms with van der Waals surface area (Å²) in [4.78, 5) is 21.7. The van der Waals surface area contributed by atoms with Crippen LogP contribution in [0.3, 0.4) is 0 Å². The molecule has 6 nitrogen and oxygen atoms in total. The van der Waals surface area contributed by atoms with Gasteiger partial charge in [-0.1, -0.05) is 6.92 Å². The van der Waals surface area contributed by atoms with Crippen molar-refractivity contribution in [1.82, 2.24) is 0 Å². The van der Waals surface area contributed by atoms with Crippen LogP contribution in [-0.2, 0) is 14.3 Å². The van der Waals surface area contributed by atoms with Crippen LogP contribution in [-0.4, -0.2) is 35.7 Å². The predicted octanol–water partition coefficient (Wildman–Crippen LogP) is 1.01. The molecule has 1 saturated heterocycles. The summed E-state index contributed by atoms with van der Waals surface area (Å²) >= 11 is 0. The largest absolute Gasteiger partial charge is 0.343 e. The number of nitro groups is 1. The van der Waals surface area contributed by atoms with Gasteiger partial charge in [-0.25, -0.2) is 0 Å². The molecule has 0 aromatic heterocycles. The lowest BCUT2D eigenvalue weighted by Crippen LogP contribution is -2.50. The fourth-order valence-corrected chi connectivity index (χ4v) is 1.72. The van der Waals surface area contributed by atoms with E-state index < -0.39 is 16.8 Å². The number of ether oxygens (including phenoxy) is 2. The molecule has 2 atom stereocenters. The van der Waals surface area contributed by atoms with Gasteiger partial charge in [-0.15, -0.1) is 0 Å². The van der Waals surface area contributed by atoms with Crippen LogP contribution in [0.2, 0.25) is 0 Å². The molecular formula is C10H17NO5. The lowest BCUT2D eigenvalue weighted by atomic mass is 9.95. The second kappa shape index (κ2) is 4.88. The monoisotopic (exact) mass is 231 g/mol. The van der Waals surface area contributed by atoms with Crippen molar-refractivity contribution in [3.05, 3.63) is 10.1 Å². The highest BCUT2D eigenvalue weighted by molar-refractivity contribution is 5.85. The van der Waals surface area contributed by atoms with Gasteiger partial charge in [0, 0.05) is 4.92 Å². The van der Waals surface area contributed by atoms with Gasteiger partial charge in [0.1, 0.15) is 12.7 Å². The van der Waals surface area contributed by atoms with E-state index in [1.165, 1.54) is 0 Å². The summed E-state index contributed by atoms with van der Waals surface area (Å²) in [6.45, 7) is 4.93. The second-order valence-electron chi connectivity index (χ2n) is 4.38. The van der Waals surface area contributed by atoms with Gasteiger partial charge in [0.25, 0.3) is 0 Å². The molecule has 0 saturated carbocycles. The molecule has 1 fully saturated rings. The van der Waals surface area contributed by atoms with Crippen LogP contribution in [0.25, 0.3) is 0 Å². The third-order valence-electron chi connectivity index (χ3n) is 2.63. The summed E-state index contributed by atoms with van der Waals surface area (Å²) < 4.78 is 10.6. The fraction of sp³-hybridized carbons (Fsp3) is 0.900. The Labute approximate surface area is 94.1 Å². The van der Waals surface area contributed by atoms with Gasteiger partial charge < -0.3 is 9.47 Å². The van der Waals surface area contributed by atoms with Crippen LogP contribution in [0.1, 0.15) is 27.2 Å². The average molecular weight is 231 g/mol. The summed E-state index contributed by atoms with van der Waals surface area (Å²) in [7, 11) is 0. The number of carbonyl (C=O) groups is 1. The van der Waals surface area contributed by atoms with Crippen molar-refractivity contribution in [1.29, 1.82) is 0 Å². The van der Waals surface area contributed by atoms with Crippen molar-refractivity contribution in [3.63, 3.8) is 0 Å². The van der Waals surface area contributed by atoms with Crippen LogP contribution >= 0.6 is 0 Å². The molecule has 1 rings (SSSR count). The topological polar surface area (TPSA) is 78.7 Å². The van der Waals surface area contributed by atoms with E-state index in [2.05, 4.69) is 0 Å². The maximum absolute atomic E-state index is 11.6. The van der Waals surface area contributed by atoms with E-state index in [4.69, 9.17) is 9.47 Å². The molecule has 0 aromatic rings. The summed E-state index contributed by atoms with van der Waals surface area (Å²) in [5.41, 5.74) is 0. The Kier molecular flexibility index (Phi) is 3.98. The van der Waals surface area contributed by atoms with E-state index in [9.17, 15) is 14.9 Å². The highest BCUT2D eigenvalue weighted by Crippen LogP contribution is 2.26. The van der Waals surface area contributed by atoms with E-state index >= 15 is 0 Å². The summed E-state index contributed by atoms with van der Waals surface area (Å²) in [6, 6.07) is 0. The Balaban J connectivity index is 2.73. The maximum Gasteiger partial charge on any atom is 0.209 e. The predicted molar refractivity (Wildman–Crippen MR) is 55.6 cm³/mol. The van der Waals surface area contributed by atoms with Crippen molar-refractivity contribution in [2.45, 2.75) is 39.1 Å². The number of rotatable bonds is 4. The summed E-state index contributed by atoms with van der Waals surface area (Å²) in [6.07, 6.45) is -0.188. The Morgan fingerprint density at radius 3 is 2.75 bits per heavy atom. The highest BCUT2D eigenvalue weighted by Gasteiger charge is 2.40. The van der Waals surface area contributed by atoms with Crippen molar-refractivity contribution in [2.75, 3.05) is 13.2 Å². The lowest BCUT2D eigenvalue weighted by molar-refractivity contribution is -0.491. The number of carbonyl (C=O) groups excluding carboxylic acids is 1.